The summed E-state index contributed by atoms with van der Waals surface area (Å²) in [6.45, 7) is 2.91. The van der Waals surface area contributed by atoms with E-state index in [0.717, 1.165) is 17.0 Å². The average Bonchev–Trinajstić information content (AvgIpc) is 3.33. The quantitative estimate of drug-likeness (QED) is 0.769. The van der Waals surface area contributed by atoms with Gasteiger partial charge >= 0.3 is 0 Å². The molecule has 0 unspecified atom stereocenters. The molecule has 0 N–H and O–H groups in total. The van der Waals surface area contributed by atoms with Gasteiger partial charge < -0.3 is 9.80 Å². The fourth-order valence-corrected chi connectivity index (χ4v) is 6.55. The molecule has 1 saturated heterocycles. The Balaban J connectivity index is 1.55. The number of hydrogen-bond donors (Lipinski definition) is 0. The molecule has 1 aromatic heterocycles. The molecule has 0 bridgehead atoms. The smallest absolute Gasteiger partial charge is 0.242 e. The van der Waals surface area contributed by atoms with E-state index in [2.05, 4.69) is 24.0 Å². The second-order valence-electron chi connectivity index (χ2n) is 7.47. The van der Waals surface area contributed by atoms with Crippen LogP contribution < -0.4 is 4.90 Å². The Morgan fingerprint density at radius 3 is 2.78 bits per heavy atom. The third-order valence-electron chi connectivity index (χ3n) is 5.53. The molecule has 4 rings (SSSR count). The number of para-hydroxylation sites is 1. The van der Waals surface area contributed by atoms with E-state index in [-0.39, 0.29) is 29.5 Å². The number of anilines is 1. The molecule has 0 aliphatic carbocycles. The number of thiophene rings is 1. The minimum absolute atomic E-state index is 0.00838. The summed E-state index contributed by atoms with van der Waals surface area (Å²) in [6.07, 6.45) is 1.47. The molecule has 1 aromatic carbocycles. The number of carbonyl (C=O) groups excluding carboxylic acids is 1. The molecule has 1 amide bonds. The Kier molecular flexibility index (Phi) is 4.99. The van der Waals surface area contributed by atoms with Gasteiger partial charge in [0.15, 0.2) is 9.84 Å². The van der Waals surface area contributed by atoms with E-state index in [0.29, 0.717) is 19.5 Å². The van der Waals surface area contributed by atoms with Gasteiger partial charge in [-0.2, -0.15) is 0 Å². The van der Waals surface area contributed by atoms with Crippen molar-refractivity contribution in [3.63, 3.8) is 0 Å². The number of nitrogens with zero attached hydrogens (tertiary/aromatic N) is 2. The third-order valence-corrected chi connectivity index (χ3v) is 8.14. The van der Waals surface area contributed by atoms with Gasteiger partial charge in [0, 0.05) is 22.6 Å². The van der Waals surface area contributed by atoms with E-state index in [1.807, 2.05) is 29.6 Å². The lowest BCUT2D eigenvalue weighted by Crippen LogP contribution is -2.47. The van der Waals surface area contributed by atoms with E-state index in [1.165, 1.54) is 5.56 Å². The van der Waals surface area contributed by atoms with Crippen molar-refractivity contribution in [2.75, 3.05) is 23.0 Å². The van der Waals surface area contributed by atoms with Crippen LogP contribution in [0, 0.1) is 0 Å². The second kappa shape index (κ2) is 7.28. The molecule has 1 fully saturated rings. The summed E-state index contributed by atoms with van der Waals surface area (Å²) in [7, 11) is -3.04. The van der Waals surface area contributed by atoms with Crippen LogP contribution in [0.1, 0.15) is 23.8 Å². The van der Waals surface area contributed by atoms with Gasteiger partial charge in [-0.3, -0.25) is 4.79 Å². The van der Waals surface area contributed by atoms with Gasteiger partial charge in [-0.1, -0.05) is 24.3 Å². The first kappa shape index (κ1) is 18.5. The van der Waals surface area contributed by atoms with Crippen molar-refractivity contribution in [2.45, 2.75) is 38.4 Å². The number of carbonyl (C=O) groups is 1. The van der Waals surface area contributed by atoms with Crippen molar-refractivity contribution in [1.82, 2.24) is 4.90 Å². The summed E-state index contributed by atoms with van der Waals surface area (Å²) in [5, 5.41) is 1.99. The highest BCUT2D eigenvalue weighted by molar-refractivity contribution is 7.91. The lowest BCUT2D eigenvalue weighted by molar-refractivity contribution is -0.132. The fraction of sp³-hybridized carbons (Fsp3) is 0.450. The molecule has 2 aliphatic heterocycles. The van der Waals surface area contributed by atoms with Crippen molar-refractivity contribution in [3.8, 4) is 0 Å². The Morgan fingerprint density at radius 2 is 2.07 bits per heavy atom. The molecule has 2 aromatic rings. The molecule has 144 valence electrons. The molecular formula is C20H24N2O3S2. The van der Waals surface area contributed by atoms with Crippen molar-refractivity contribution in [2.24, 2.45) is 0 Å². The minimum Gasteiger partial charge on any atom is -0.359 e. The maximum absolute atomic E-state index is 13.3. The number of sulfone groups is 1. The first-order valence-electron chi connectivity index (χ1n) is 9.30. The van der Waals surface area contributed by atoms with Crippen LogP contribution in [0.5, 0.6) is 0 Å². The Hall–Kier alpha value is -1.86. The summed E-state index contributed by atoms with van der Waals surface area (Å²) in [5.74, 6) is 0.263. The van der Waals surface area contributed by atoms with Gasteiger partial charge in [0.05, 0.1) is 24.6 Å². The largest absolute Gasteiger partial charge is 0.359 e. The lowest BCUT2D eigenvalue weighted by Gasteiger charge is -2.32. The molecule has 5 nitrogen and oxygen atoms in total. The number of rotatable bonds is 5. The van der Waals surface area contributed by atoms with E-state index < -0.39 is 9.84 Å². The Labute approximate surface area is 164 Å². The Bertz CT molecular complexity index is 924. The Morgan fingerprint density at radius 1 is 1.26 bits per heavy atom. The van der Waals surface area contributed by atoms with Crippen LogP contribution in [-0.4, -0.2) is 49.4 Å². The second-order valence-corrected chi connectivity index (χ2v) is 10.7. The zero-order valence-electron chi connectivity index (χ0n) is 15.4. The summed E-state index contributed by atoms with van der Waals surface area (Å²) in [4.78, 5) is 18.3. The van der Waals surface area contributed by atoms with Gasteiger partial charge in [0.25, 0.3) is 0 Å². The SMILES string of the molecule is C[C@@H]1Cc2ccccc2N1CC(=O)N(Cc1cccs1)[C@@H]1CCS(=O)(=O)C1. The summed E-state index contributed by atoms with van der Waals surface area (Å²) in [5.41, 5.74) is 2.39. The highest BCUT2D eigenvalue weighted by atomic mass is 32.2. The maximum atomic E-state index is 13.3. The fourth-order valence-electron chi connectivity index (χ4n) is 4.12. The zero-order chi connectivity index (χ0) is 19.0. The molecule has 0 radical (unpaired) electrons. The molecule has 0 saturated carbocycles. The molecule has 2 atom stereocenters. The van der Waals surface area contributed by atoms with Crippen molar-refractivity contribution in [3.05, 3.63) is 52.2 Å². The van der Waals surface area contributed by atoms with E-state index >= 15 is 0 Å². The number of benzene rings is 1. The molecular weight excluding hydrogens is 380 g/mol. The van der Waals surface area contributed by atoms with Gasteiger partial charge in [0.1, 0.15) is 0 Å². The molecule has 2 aliphatic rings. The van der Waals surface area contributed by atoms with Crippen LogP contribution in [0.3, 0.4) is 0 Å². The van der Waals surface area contributed by atoms with Crippen molar-refractivity contribution < 1.29 is 13.2 Å². The van der Waals surface area contributed by atoms with Crippen LogP contribution in [0.25, 0.3) is 0 Å². The molecule has 3 heterocycles. The summed E-state index contributed by atoms with van der Waals surface area (Å²) in [6, 6.07) is 12.2. The molecule has 27 heavy (non-hydrogen) atoms. The highest BCUT2D eigenvalue weighted by Gasteiger charge is 2.36. The van der Waals surface area contributed by atoms with Crippen LogP contribution >= 0.6 is 11.3 Å². The topological polar surface area (TPSA) is 57.7 Å². The monoisotopic (exact) mass is 404 g/mol. The zero-order valence-corrected chi connectivity index (χ0v) is 17.0. The predicted octanol–water partition coefficient (Wildman–Crippen LogP) is 2.72. The minimum atomic E-state index is -3.04. The van der Waals surface area contributed by atoms with E-state index in [4.69, 9.17) is 0 Å². The van der Waals surface area contributed by atoms with Crippen LogP contribution in [0.2, 0.25) is 0 Å². The molecule has 0 spiro atoms. The molecule has 7 heteroatoms. The lowest BCUT2D eigenvalue weighted by atomic mass is 10.1. The van der Waals surface area contributed by atoms with Crippen molar-refractivity contribution in [1.29, 1.82) is 0 Å². The summed E-state index contributed by atoms with van der Waals surface area (Å²) >= 11 is 1.60. The van der Waals surface area contributed by atoms with E-state index in [1.54, 1.807) is 16.2 Å². The third kappa shape index (κ3) is 3.89. The van der Waals surface area contributed by atoms with Crippen LogP contribution in [-0.2, 0) is 27.6 Å². The first-order chi connectivity index (χ1) is 12.9. The van der Waals surface area contributed by atoms with E-state index in [9.17, 15) is 13.2 Å². The standard InChI is InChI=1S/C20H24N2O3S2/c1-15-11-16-5-2-3-7-19(16)21(15)13-20(23)22(12-18-6-4-9-26-18)17-8-10-27(24,25)14-17/h2-7,9,15,17H,8,10-14H2,1H3/t15-,17-/m1/s1. The number of hydrogen-bond acceptors (Lipinski definition) is 5. The number of fused-ring (bicyclic) bond motifs is 1. The predicted molar refractivity (Wildman–Crippen MR) is 109 cm³/mol. The highest BCUT2D eigenvalue weighted by Crippen LogP contribution is 2.32. The van der Waals surface area contributed by atoms with Crippen LogP contribution in [0.15, 0.2) is 41.8 Å². The van der Waals surface area contributed by atoms with Gasteiger partial charge in [-0.15, -0.1) is 11.3 Å². The van der Waals surface area contributed by atoms with Gasteiger partial charge in [-0.05, 0) is 42.8 Å². The van der Waals surface area contributed by atoms with Gasteiger partial charge in [-0.25, -0.2) is 8.42 Å². The summed E-state index contributed by atoms with van der Waals surface area (Å²) < 4.78 is 24.0. The van der Waals surface area contributed by atoms with Crippen molar-refractivity contribution >= 4 is 32.8 Å². The normalized spacial score (nSPS) is 23.4. The average molecular weight is 405 g/mol. The van der Waals surface area contributed by atoms with Gasteiger partial charge in [0.2, 0.25) is 5.91 Å². The van der Waals surface area contributed by atoms with Crippen LogP contribution in [0.4, 0.5) is 5.69 Å². The number of amides is 1. The maximum Gasteiger partial charge on any atom is 0.242 e. The first-order valence-corrected chi connectivity index (χ1v) is 12.0.